The number of hydrogen-bond acceptors (Lipinski definition) is 8. The number of aliphatic hydroxyl groups is 1. The van der Waals surface area contributed by atoms with Crippen molar-refractivity contribution in [2.24, 2.45) is 0 Å². The number of aromatic amines is 1. The summed E-state index contributed by atoms with van der Waals surface area (Å²) in [6, 6.07) is 3.30. The van der Waals surface area contributed by atoms with Crippen molar-refractivity contribution in [3.8, 4) is 11.1 Å². The van der Waals surface area contributed by atoms with Crippen LogP contribution in [0.1, 0.15) is 38.2 Å². The lowest BCUT2D eigenvalue weighted by Gasteiger charge is -2.19. The van der Waals surface area contributed by atoms with Crippen molar-refractivity contribution in [2.45, 2.75) is 45.2 Å². The van der Waals surface area contributed by atoms with E-state index in [9.17, 15) is 9.90 Å². The monoisotopic (exact) mass is 451 g/mol. The second kappa shape index (κ2) is 11.5. The number of fused-ring (bicyclic) bond motifs is 1. The molecule has 0 amide bonds. The molecule has 0 aliphatic carbocycles. The Balaban J connectivity index is 1.98. The van der Waals surface area contributed by atoms with Crippen LogP contribution in [0, 0.1) is 0 Å². The maximum atomic E-state index is 12.1. The molecule has 33 heavy (non-hydrogen) atoms. The van der Waals surface area contributed by atoms with Gasteiger partial charge in [0.2, 0.25) is 11.5 Å². The first-order valence-corrected chi connectivity index (χ1v) is 11.3. The molecule has 0 bridgehead atoms. The Hall–Kier alpha value is -3.30. The number of aliphatic hydroxyl groups excluding tert-OH is 1. The molecule has 0 spiro atoms. The summed E-state index contributed by atoms with van der Waals surface area (Å²) in [5.74, 6) is 0.612. The SMILES string of the molecule is C=CCCN(C)Cc1c[nH]c(=O)cc1-c1cnc2c(NC(CO)CCCC)nc(N)nc2c1. The molecule has 0 saturated heterocycles. The summed E-state index contributed by atoms with van der Waals surface area (Å²) in [5.41, 5.74) is 9.47. The summed E-state index contributed by atoms with van der Waals surface area (Å²) in [5, 5.41) is 13.0. The van der Waals surface area contributed by atoms with E-state index in [1.165, 1.54) is 0 Å². The van der Waals surface area contributed by atoms with Gasteiger partial charge in [-0.15, -0.1) is 6.58 Å². The number of pyridine rings is 2. The number of rotatable bonds is 12. The molecule has 0 aliphatic heterocycles. The van der Waals surface area contributed by atoms with E-state index in [2.05, 4.69) is 43.7 Å². The summed E-state index contributed by atoms with van der Waals surface area (Å²) in [6.07, 6.45) is 9.06. The fraction of sp³-hybridized carbons (Fsp3) is 0.417. The van der Waals surface area contributed by atoms with Crippen molar-refractivity contribution in [1.82, 2.24) is 24.8 Å². The van der Waals surface area contributed by atoms with E-state index in [1.54, 1.807) is 18.5 Å². The molecule has 5 N–H and O–H groups in total. The molecular formula is C24H33N7O2. The van der Waals surface area contributed by atoms with Crippen LogP contribution < -0.4 is 16.6 Å². The summed E-state index contributed by atoms with van der Waals surface area (Å²) >= 11 is 0. The molecule has 1 atom stereocenters. The molecule has 9 nitrogen and oxygen atoms in total. The van der Waals surface area contributed by atoms with Crippen LogP contribution >= 0.6 is 0 Å². The van der Waals surface area contributed by atoms with Crippen molar-refractivity contribution in [2.75, 3.05) is 31.2 Å². The lowest BCUT2D eigenvalue weighted by atomic mass is 10.0. The van der Waals surface area contributed by atoms with E-state index < -0.39 is 0 Å². The number of nitrogens with one attached hydrogen (secondary N) is 2. The highest BCUT2D eigenvalue weighted by Crippen LogP contribution is 2.28. The van der Waals surface area contributed by atoms with Gasteiger partial charge in [0.1, 0.15) is 5.52 Å². The van der Waals surface area contributed by atoms with Gasteiger partial charge in [-0.2, -0.15) is 4.98 Å². The van der Waals surface area contributed by atoms with Crippen LogP contribution in [0.3, 0.4) is 0 Å². The Kier molecular flexibility index (Phi) is 8.51. The van der Waals surface area contributed by atoms with Crippen molar-refractivity contribution in [1.29, 1.82) is 0 Å². The number of H-pyrrole nitrogens is 1. The third-order valence-corrected chi connectivity index (χ3v) is 5.50. The molecule has 3 heterocycles. The van der Waals surface area contributed by atoms with Crippen LogP contribution in [0.15, 0.2) is 42.0 Å². The van der Waals surface area contributed by atoms with Gasteiger partial charge in [-0.1, -0.05) is 25.8 Å². The second-order valence-corrected chi connectivity index (χ2v) is 8.24. The number of nitrogen functional groups attached to an aromatic ring is 1. The first kappa shape index (κ1) is 24.3. The van der Waals surface area contributed by atoms with Gasteiger partial charge in [0.25, 0.3) is 0 Å². The van der Waals surface area contributed by atoms with Gasteiger partial charge in [0.15, 0.2) is 5.82 Å². The molecule has 0 radical (unpaired) electrons. The maximum absolute atomic E-state index is 12.1. The van der Waals surface area contributed by atoms with Gasteiger partial charge in [-0.3, -0.25) is 9.78 Å². The van der Waals surface area contributed by atoms with Gasteiger partial charge in [0, 0.05) is 37.1 Å². The topological polar surface area (TPSA) is 133 Å². The molecule has 0 saturated carbocycles. The maximum Gasteiger partial charge on any atom is 0.248 e. The minimum Gasteiger partial charge on any atom is -0.394 e. The normalized spacial score (nSPS) is 12.2. The minimum atomic E-state index is -0.186. The second-order valence-electron chi connectivity index (χ2n) is 8.24. The molecule has 9 heteroatoms. The van der Waals surface area contributed by atoms with E-state index in [1.807, 2.05) is 19.2 Å². The highest BCUT2D eigenvalue weighted by molar-refractivity contribution is 5.89. The number of unbranched alkanes of at least 4 members (excludes halogenated alkanes) is 1. The van der Waals surface area contributed by atoms with Crippen LogP contribution in [0.2, 0.25) is 0 Å². The van der Waals surface area contributed by atoms with Crippen molar-refractivity contribution in [3.63, 3.8) is 0 Å². The number of aromatic nitrogens is 4. The van der Waals surface area contributed by atoms with Gasteiger partial charge < -0.3 is 26.0 Å². The minimum absolute atomic E-state index is 0.0149. The fourth-order valence-electron chi connectivity index (χ4n) is 3.72. The predicted octanol–water partition coefficient (Wildman–Crippen LogP) is 2.93. The Labute approximate surface area is 193 Å². The number of nitrogens with two attached hydrogens (primary N) is 1. The quantitative estimate of drug-likeness (QED) is 0.309. The average Bonchev–Trinajstić information content (AvgIpc) is 2.80. The zero-order chi connectivity index (χ0) is 23.8. The third-order valence-electron chi connectivity index (χ3n) is 5.50. The number of nitrogens with zero attached hydrogens (tertiary/aromatic N) is 4. The Morgan fingerprint density at radius 2 is 2.18 bits per heavy atom. The average molecular weight is 452 g/mol. The van der Waals surface area contributed by atoms with Crippen molar-refractivity contribution < 1.29 is 5.11 Å². The first-order valence-electron chi connectivity index (χ1n) is 11.3. The van der Waals surface area contributed by atoms with E-state index in [4.69, 9.17) is 5.73 Å². The summed E-state index contributed by atoms with van der Waals surface area (Å²) in [6.45, 7) is 7.39. The number of hydrogen-bond donors (Lipinski definition) is 4. The van der Waals surface area contributed by atoms with Crippen LogP contribution in [0.4, 0.5) is 11.8 Å². The smallest absolute Gasteiger partial charge is 0.248 e. The zero-order valence-corrected chi connectivity index (χ0v) is 19.3. The van der Waals surface area contributed by atoms with Crippen LogP contribution in [0.25, 0.3) is 22.2 Å². The fourth-order valence-corrected chi connectivity index (χ4v) is 3.72. The molecule has 176 valence electrons. The van der Waals surface area contributed by atoms with E-state index in [0.29, 0.717) is 23.4 Å². The highest BCUT2D eigenvalue weighted by atomic mass is 16.3. The van der Waals surface area contributed by atoms with E-state index in [0.717, 1.165) is 48.9 Å². The molecule has 3 rings (SSSR count). The Morgan fingerprint density at radius 1 is 1.36 bits per heavy atom. The van der Waals surface area contributed by atoms with Gasteiger partial charge >= 0.3 is 0 Å². The van der Waals surface area contributed by atoms with Crippen LogP contribution in [0.5, 0.6) is 0 Å². The molecule has 1 unspecified atom stereocenters. The summed E-state index contributed by atoms with van der Waals surface area (Å²) in [7, 11) is 2.03. The number of anilines is 2. The van der Waals surface area contributed by atoms with Gasteiger partial charge in [-0.05, 0) is 37.1 Å². The molecule has 3 aromatic heterocycles. The Morgan fingerprint density at radius 3 is 2.91 bits per heavy atom. The molecule has 3 aromatic rings. The lowest BCUT2D eigenvalue weighted by Crippen LogP contribution is -2.24. The lowest BCUT2D eigenvalue weighted by molar-refractivity contribution is 0.267. The Bertz CT molecular complexity index is 1150. The largest absolute Gasteiger partial charge is 0.394 e. The molecular weight excluding hydrogens is 418 g/mol. The molecule has 0 fully saturated rings. The molecule has 0 aromatic carbocycles. The van der Waals surface area contributed by atoms with Gasteiger partial charge in [0.05, 0.1) is 18.2 Å². The van der Waals surface area contributed by atoms with Crippen molar-refractivity contribution in [3.05, 3.63) is 53.1 Å². The summed E-state index contributed by atoms with van der Waals surface area (Å²) in [4.78, 5) is 30.3. The van der Waals surface area contributed by atoms with E-state index >= 15 is 0 Å². The van der Waals surface area contributed by atoms with Crippen LogP contribution in [-0.4, -0.2) is 56.2 Å². The van der Waals surface area contributed by atoms with Crippen LogP contribution in [-0.2, 0) is 6.54 Å². The summed E-state index contributed by atoms with van der Waals surface area (Å²) < 4.78 is 0. The van der Waals surface area contributed by atoms with Gasteiger partial charge in [-0.25, -0.2) is 4.98 Å². The molecule has 0 aliphatic rings. The van der Waals surface area contributed by atoms with Crippen molar-refractivity contribution >= 4 is 22.8 Å². The predicted molar refractivity (Wildman–Crippen MR) is 133 cm³/mol. The zero-order valence-electron chi connectivity index (χ0n) is 19.3. The third kappa shape index (κ3) is 6.36. The van der Waals surface area contributed by atoms with E-state index in [-0.39, 0.29) is 24.2 Å². The standard InChI is InChI=1S/C24H33N7O2/c1-4-6-8-18(15-32)28-23-22-20(29-24(25)30-23)10-16(12-27-22)19-11-21(33)26-13-17(19)14-31(3)9-7-5-2/h5,10-13,18,32H,2,4,6-9,14-15H2,1,3H3,(H,26,33)(H3,25,28,29,30). The first-order chi connectivity index (χ1) is 15.9. The highest BCUT2D eigenvalue weighted by Gasteiger charge is 2.15.